The van der Waals surface area contributed by atoms with Crippen molar-refractivity contribution >= 4 is 11.7 Å². The fourth-order valence-corrected chi connectivity index (χ4v) is 3.23. The van der Waals surface area contributed by atoms with E-state index in [-0.39, 0.29) is 18.1 Å². The quantitative estimate of drug-likeness (QED) is 0.861. The highest BCUT2D eigenvalue weighted by Gasteiger charge is 2.33. The van der Waals surface area contributed by atoms with Gasteiger partial charge in [0.25, 0.3) is 5.91 Å². The maximum absolute atomic E-state index is 12.5. The molecule has 2 atom stereocenters. The Labute approximate surface area is 153 Å². The van der Waals surface area contributed by atoms with Crippen LogP contribution in [0.5, 0.6) is 0 Å². The molecule has 1 aliphatic rings. The first kappa shape index (κ1) is 18.2. The molecular weight excluding hydrogens is 332 g/mol. The highest BCUT2D eigenvalue weighted by atomic mass is 16.5. The molecule has 1 aliphatic heterocycles. The molecule has 3 heterocycles. The number of aryl methyl sites for hydroxylation is 3. The number of carbonyl (C=O) groups excluding carboxylic acids is 1. The molecule has 138 valence electrons. The van der Waals surface area contributed by atoms with E-state index in [4.69, 9.17) is 4.74 Å². The number of hydrogen-bond donors (Lipinski definition) is 1. The maximum atomic E-state index is 12.5. The maximum Gasteiger partial charge on any atom is 0.254 e. The predicted molar refractivity (Wildman–Crippen MR) is 97.2 cm³/mol. The molecule has 3 rings (SSSR count). The van der Waals surface area contributed by atoms with Crippen molar-refractivity contribution in [2.24, 2.45) is 0 Å². The minimum atomic E-state index is -0.165. The summed E-state index contributed by atoms with van der Waals surface area (Å²) < 4.78 is 5.53. The Morgan fingerprint density at radius 1 is 1.31 bits per heavy atom. The van der Waals surface area contributed by atoms with Crippen molar-refractivity contribution in [1.29, 1.82) is 0 Å². The van der Waals surface area contributed by atoms with E-state index in [0.717, 1.165) is 24.5 Å². The smallest absolute Gasteiger partial charge is 0.254 e. The monoisotopic (exact) mass is 356 g/mol. The van der Waals surface area contributed by atoms with Crippen LogP contribution < -0.4 is 10.2 Å². The fraction of sp³-hybridized carbons (Fsp3) is 0.500. The molecule has 0 spiro atoms. The molecule has 8 nitrogen and oxygen atoms in total. The van der Waals surface area contributed by atoms with Crippen LogP contribution in [0.4, 0.5) is 5.82 Å². The van der Waals surface area contributed by atoms with Gasteiger partial charge < -0.3 is 15.0 Å². The van der Waals surface area contributed by atoms with Gasteiger partial charge in [-0.25, -0.2) is 19.9 Å². The number of ether oxygens (including phenoxy) is 1. The largest absolute Gasteiger partial charge is 0.380 e. The number of amides is 1. The first-order chi connectivity index (χ1) is 12.5. The van der Waals surface area contributed by atoms with Crippen LogP contribution in [0.15, 0.2) is 18.6 Å². The fourth-order valence-electron chi connectivity index (χ4n) is 3.23. The molecule has 0 radical (unpaired) electrons. The van der Waals surface area contributed by atoms with E-state index in [1.54, 1.807) is 26.6 Å². The lowest BCUT2D eigenvalue weighted by molar-refractivity contribution is 0.0945. The number of nitrogens with one attached hydrogen (secondary N) is 1. The summed E-state index contributed by atoms with van der Waals surface area (Å²) in [4.78, 5) is 31.6. The summed E-state index contributed by atoms with van der Waals surface area (Å²) in [6, 6.07) is 2.05. The molecule has 1 fully saturated rings. The Bertz CT molecular complexity index is 797. The lowest BCUT2D eigenvalue weighted by atomic mass is 10.1. The molecule has 0 unspecified atom stereocenters. The second-order valence-corrected chi connectivity index (χ2v) is 6.54. The normalized spacial score (nSPS) is 19.6. The van der Waals surface area contributed by atoms with Gasteiger partial charge in [0.15, 0.2) is 0 Å². The molecule has 2 aromatic heterocycles. The van der Waals surface area contributed by atoms with Crippen LogP contribution in [0.2, 0.25) is 0 Å². The third-order valence-corrected chi connectivity index (χ3v) is 4.64. The van der Waals surface area contributed by atoms with E-state index in [1.165, 1.54) is 0 Å². The number of hydrogen-bond acceptors (Lipinski definition) is 7. The zero-order valence-corrected chi connectivity index (χ0v) is 15.6. The molecule has 1 N–H and O–H groups in total. The zero-order valence-electron chi connectivity index (χ0n) is 15.6. The van der Waals surface area contributed by atoms with Crippen LogP contribution >= 0.6 is 0 Å². The van der Waals surface area contributed by atoms with Crippen LogP contribution in [0.1, 0.15) is 34.0 Å². The van der Waals surface area contributed by atoms with Gasteiger partial charge in [-0.05, 0) is 27.2 Å². The number of carbonyl (C=O) groups is 1. The summed E-state index contributed by atoms with van der Waals surface area (Å²) in [5.74, 6) is 1.34. The van der Waals surface area contributed by atoms with Gasteiger partial charge in [-0.15, -0.1) is 0 Å². The molecule has 0 aliphatic carbocycles. The topological polar surface area (TPSA) is 93.1 Å². The molecule has 1 saturated heterocycles. The summed E-state index contributed by atoms with van der Waals surface area (Å²) in [6.07, 6.45) is 4.07. The van der Waals surface area contributed by atoms with Gasteiger partial charge >= 0.3 is 0 Å². The van der Waals surface area contributed by atoms with E-state index < -0.39 is 0 Å². The van der Waals surface area contributed by atoms with Crippen molar-refractivity contribution in [2.75, 3.05) is 25.1 Å². The average Bonchev–Trinajstić information content (AvgIpc) is 3.03. The summed E-state index contributed by atoms with van der Waals surface area (Å²) in [6.45, 7) is 6.79. The Kier molecular flexibility index (Phi) is 5.41. The van der Waals surface area contributed by atoms with Crippen molar-refractivity contribution in [3.05, 3.63) is 41.4 Å². The summed E-state index contributed by atoms with van der Waals surface area (Å²) in [5, 5.41) is 3.00. The van der Waals surface area contributed by atoms with Gasteiger partial charge in [0.05, 0.1) is 23.4 Å². The van der Waals surface area contributed by atoms with Crippen molar-refractivity contribution in [3.63, 3.8) is 0 Å². The molecule has 0 aromatic carbocycles. The third kappa shape index (κ3) is 3.96. The number of rotatable bonds is 5. The summed E-state index contributed by atoms with van der Waals surface area (Å²) in [5.41, 5.74) is 2.09. The molecule has 0 bridgehead atoms. The van der Waals surface area contributed by atoms with Gasteiger partial charge in [-0.3, -0.25) is 4.79 Å². The Morgan fingerprint density at radius 3 is 2.81 bits per heavy atom. The Hall–Kier alpha value is -2.61. The van der Waals surface area contributed by atoms with Gasteiger partial charge in [-0.2, -0.15) is 0 Å². The molecule has 0 saturated carbocycles. The zero-order chi connectivity index (χ0) is 18.7. The predicted octanol–water partition coefficient (Wildman–Crippen LogP) is 1.22. The van der Waals surface area contributed by atoms with E-state index in [1.807, 2.05) is 19.9 Å². The molecule has 26 heavy (non-hydrogen) atoms. The minimum Gasteiger partial charge on any atom is -0.380 e. The van der Waals surface area contributed by atoms with E-state index in [2.05, 4.69) is 30.2 Å². The van der Waals surface area contributed by atoms with Gasteiger partial charge in [0.1, 0.15) is 18.0 Å². The van der Waals surface area contributed by atoms with Crippen LogP contribution in [-0.2, 0) is 4.74 Å². The number of anilines is 1. The van der Waals surface area contributed by atoms with Crippen molar-refractivity contribution in [1.82, 2.24) is 25.3 Å². The second-order valence-electron chi connectivity index (χ2n) is 6.54. The summed E-state index contributed by atoms with van der Waals surface area (Å²) >= 11 is 0. The molecule has 1 amide bonds. The van der Waals surface area contributed by atoms with Gasteiger partial charge in [-0.1, -0.05) is 0 Å². The SMILES string of the molecule is CO[C@H]1C[C@@H](CNC(=O)c2cnc(C)nc2C)N(c2cc(C)ncn2)C1. The van der Waals surface area contributed by atoms with E-state index in [0.29, 0.717) is 23.6 Å². The highest BCUT2D eigenvalue weighted by molar-refractivity contribution is 5.94. The number of methoxy groups -OCH3 is 1. The van der Waals surface area contributed by atoms with Gasteiger partial charge in [0.2, 0.25) is 0 Å². The molecular formula is C18H24N6O2. The highest BCUT2D eigenvalue weighted by Crippen LogP contribution is 2.25. The third-order valence-electron chi connectivity index (χ3n) is 4.64. The van der Waals surface area contributed by atoms with Crippen molar-refractivity contribution in [2.45, 2.75) is 39.3 Å². The lowest BCUT2D eigenvalue weighted by Crippen LogP contribution is -2.41. The number of aromatic nitrogens is 4. The second kappa shape index (κ2) is 7.74. The van der Waals surface area contributed by atoms with Crippen LogP contribution in [0, 0.1) is 20.8 Å². The summed E-state index contributed by atoms with van der Waals surface area (Å²) in [7, 11) is 1.71. The first-order valence-electron chi connectivity index (χ1n) is 8.64. The number of nitrogens with zero attached hydrogens (tertiary/aromatic N) is 5. The van der Waals surface area contributed by atoms with Crippen LogP contribution in [0.25, 0.3) is 0 Å². The van der Waals surface area contributed by atoms with Crippen molar-refractivity contribution < 1.29 is 9.53 Å². The van der Waals surface area contributed by atoms with E-state index >= 15 is 0 Å². The lowest BCUT2D eigenvalue weighted by Gasteiger charge is -2.25. The van der Waals surface area contributed by atoms with Gasteiger partial charge in [0, 0.05) is 38.2 Å². The average molecular weight is 356 g/mol. The molecule has 8 heteroatoms. The van der Waals surface area contributed by atoms with Crippen LogP contribution in [-0.4, -0.2) is 58.2 Å². The Morgan fingerprint density at radius 2 is 2.12 bits per heavy atom. The minimum absolute atomic E-state index is 0.102. The Balaban J connectivity index is 1.71. The first-order valence-corrected chi connectivity index (χ1v) is 8.64. The molecule has 2 aromatic rings. The van der Waals surface area contributed by atoms with Crippen molar-refractivity contribution in [3.8, 4) is 0 Å². The van der Waals surface area contributed by atoms with Crippen LogP contribution in [0.3, 0.4) is 0 Å². The standard InChI is InChI=1S/C18H24N6O2/c1-11-5-17(22-10-21-11)24-9-15(26-4)6-14(24)7-20-18(25)16-8-19-13(3)23-12(16)2/h5,8,10,14-15H,6-7,9H2,1-4H3,(H,20,25)/t14-,15-/m0/s1. The van der Waals surface area contributed by atoms with E-state index in [9.17, 15) is 4.79 Å².